The lowest BCUT2D eigenvalue weighted by Crippen LogP contribution is -2.29. The van der Waals surface area contributed by atoms with Gasteiger partial charge < -0.3 is 0 Å². The van der Waals surface area contributed by atoms with Gasteiger partial charge in [-0.1, -0.05) is 0 Å². The standard InChI is InChI=1S/C9H9F3N2O2/c1-6-4-7(2-3-13-6)8(15)14-16-5-9(10,11)12/h2-4H,5H2,1H3,(H,14,15). The van der Waals surface area contributed by atoms with Crippen LogP contribution < -0.4 is 5.48 Å². The first-order valence-corrected chi connectivity index (χ1v) is 4.30. The molecule has 88 valence electrons. The van der Waals surface area contributed by atoms with Crippen molar-refractivity contribution in [3.8, 4) is 0 Å². The molecular formula is C9H9F3N2O2. The minimum Gasteiger partial charge on any atom is -0.267 e. The molecule has 0 aliphatic carbocycles. The average molecular weight is 234 g/mol. The number of nitrogens with one attached hydrogen (secondary N) is 1. The molecule has 0 spiro atoms. The minimum atomic E-state index is -4.47. The van der Waals surface area contributed by atoms with Crippen molar-refractivity contribution in [2.45, 2.75) is 13.1 Å². The van der Waals surface area contributed by atoms with Gasteiger partial charge in [0.2, 0.25) is 0 Å². The third-order valence-corrected chi connectivity index (χ3v) is 1.56. The SMILES string of the molecule is Cc1cc(C(=O)NOCC(F)(F)F)ccn1. The molecule has 1 aromatic heterocycles. The molecule has 0 atom stereocenters. The zero-order valence-corrected chi connectivity index (χ0v) is 8.34. The Kier molecular flexibility index (Phi) is 3.83. The maximum absolute atomic E-state index is 11.7. The Morgan fingerprint density at radius 2 is 2.25 bits per heavy atom. The van der Waals surface area contributed by atoms with Crippen molar-refractivity contribution in [3.05, 3.63) is 29.6 Å². The molecule has 0 bridgehead atoms. The van der Waals surface area contributed by atoms with Crippen molar-refractivity contribution in [1.82, 2.24) is 10.5 Å². The van der Waals surface area contributed by atoms with Crippen molar-refractivity contribution in [1.29, 1.82) is 0 Å². The van der Waals surface area contributed by atoms with E-state index in [1.54, 1.807) is 12.4 Å². The number of halogens is 3. The van der Waals surface area contributed by atoms with E-state index >= 15 is 0 Å². The van der Waals surface area contributed by atoms with Crippen molar-refractivity contribution in [2.75, 3.05) is 6.61 Å². The van der Waals surface area contributed by atoms with Gasteiger partial charge >= 0.3 is 6.18 Å². The summed E-state index contributed by atoms with van der Waals surface area (Å²) in [4.78, 5) is 19.1. The number of nitrogens with zero attached hydrogens (tertiary/aromatic N) is 1. The second-order valence-electron chi connectivity index (χ2n) is 3.02. The van der Waals surface area contributed by atoms with E-state index in [1.165, 1.54) is 18.3 Å². The van der Waals surface area contributed by atoms with Gasteiger partial charge in [-0.3, -0.25) is 14.6 Å². The van der Waals surface area contributed by atoms with Crippen LogP contribution in [0.3, 0.4) is 0 Å². The lowest BCUT2D eigenvalue weighted by atomic mass is 10.2. The second kappa shape index (κ2) is 4.93. The van der Waals surface area contributed by atoms with Crippen LogP contribution in [0.25, 0.3) is 0 Å². The van der Waals surface area contributed by atoms with Crippen LogP contribution in [0.2, 0.25) is 0 Å². The molecule has 1 heterocycles. The highest BCUT2D eigenvalue weighted by Gasteiger charge is 2.28. The molecule has 0 saturated carbocycles. The van der Waals surface area contributed by atoms with E-state index in [9.17, 15) is 18.0 Å². The van der Waals surface area contributed by atoms with Crippen LogP contribution in [0, 0.1) is 6.92 Å². The first-order valence-electron chi connectivity index (χ1n) is 4.30. The summed E-state index contributed by atoms with van der Waals surface area (Å²) in [6.07, 6.45) is -3.09. The van der Waals surface area contributed by atoms with Crippen molar-refractivity contribution >= 4 is 5.91 Å². The molecule has 7 heteroatoms. The maximum Gasteiger partial charge on any atom is 0.414 e. The summed E-state index contributed by atoms with van der Waals surface area (Å²) in [5.74, 6) is -0.741. The van der Waals surface area contributed by atoms with Crippen LogP contribution in [-0.2, 0) is 4.84 Å². The zero-order valence-electron chi connectivity index (χ0n) is 8.34. The third kappa shape index (κ3) is 4.26. The predicted molar refractivity (Wildman–Crippen MR) is 48.4 cm³/mol. The monoisotopic (exact) mass is 234 g/mol. The van der Waals surface area contributed by atoms with E-state index in [2.05, 4.69) is 9.82 Å². The number of aromatic nitrogens is 1. The van der Waals surface area contributed by atoms with Crippen LogP contribution in [0.15, 0.2) is 18.3 Å². The minimum absolute atomic E-state index is 0.190. The topological polar surface area (TPSA) is 51.2 Å². The van der Waals surface area contributed by atoms with Crippen molar-refractivity contribution in [3.63, 3.8) is 0 Å². The highest BCUT2D eigenvalue weighted by Crippen LogP contribution is 2.13. The van der Waals surface area contributed by atoms with E-state index < -0.39 is 18.7 Å². The number of hydrogen-bond acceptors (Lipinski definition) is 3. The van der Waals surface area contributed by atoms with Crippen molar-refractivity contribution < 1.29 is 22.8 Å². The molecule has 16 heavy (non-hydrogen) atoms. The average Bonchev–Trinajstić information content (AvgIpc) is 2.15. The number of rotatable bonds is 3. The molecule has 0 saturated heterocycles. The highest BCUT2D eigenvalue weighted by atomic mass is 19.4. The first kappa shape index (κ1) is 12.4. The van der Waals surface area contributed by atoms with Crippen LogP contribution in [0.1, 0.15) is 16.1 Å². The number of alkyl halides is 3. The van der Waals surface area contributed by atoms with Gasteiger partial charge in [-0.25, -0.2) is 5.48 Å². The predicted octanol–water partition coefficient (Wildman–Crippen LogP) is 1.61. The molecule has 0 unspecified atom stereocenters. The highest BCUT2D eigenvalue weighted by molar-refractivity contribution is 5.93. The van der Waals surface area contributed by atoms with E-state index in [4.69, 9.17) is 0 Å². The molecule has 0 aliphatic rings. The van der Waals surface area contributed by atoms with Crippen molar-refractivity contribution in [2.24, 2.45) is 0 Å². The molecule has 0 aromatic carbocycles. The molecule has 0 aliphatic heterocycles. The van der Waals surface area contributed by atoms with E-state index in [0.717, 1.165) is 0 Å². The van der Waals surface area contributed by atoms with E-state index in [1.807, 2.05) is 0 Å². The molecular weight excluding hydrogens is 225 g/mol. The number of aryl methyl sites for hydroxylation is 1. The number of carbonyl (C=O) groups excluding carboxylic acids is 1. The lowest BCUT2D eigenvalue weighted by molar-refractivity contribution is -0.184. The number of hydrogen-bond donors (Lipinski definition) is 1. The van der Waals surface area contributed by atoms with Gasteiger partial charge in [0.25, 0.3) is 5.91 Å². The van der Waals surface area contributed by atoms with Crippen LogP contribution in [0.5, 0.6) is 0 Å². The summed E-state index contributed by atoms with van der Waals surface area (Å²) < 4.78 is 35.1. The fourth-order valence-corrected chi connectivity index (χ4v) is 0.929. The summed E-state index contributed by atoms with van der Waals surface area (Å²) in [5, 5.41) is 0. The number of pyridine rings is 1. The second-order valence-corrected chi connectivity index (χ2v) is 3.02. The van der Waals surface area contributed by atoms with Gasteiger partial charge in [-0.15, -0.1) is 0 Å². The van der Waals surface area contributed by atoms with Crippen LogP contribution in [-0.4, -0.2) is 23.7 Å². The van der Waals surface area contributed by atoms with Gasteiger partial charge in [-0.2, -0.15) is 13.2 Å². The van der Waals surface area contributed by atoms with E-state index in [-0.39, 0.29) is 5.56 Å². The van der Waals surface area contributed by atoms with Crippen LogP contribution >= 0.6 is 0 Å². The Balaban J connectivity index is 2.47. The summed E-state index contributed by atoms with van der Waals surface area (Å²) in [6, 6.07) is 2.81. The largest absolute Gasteiger partial charge is 0.414 e. The summed E-state index contributed by atoms with van der Waals surface area (Å²) in [5.41, 5.74) is 2.47. The Morgan fingerprint density at radius 1 is 1.56 bits per heavy atom. The summed E-state index contributed by atoms with van der Waals surface area (Å²) in [7, 11) is 0. The number of amides is 1. The summed E-state index contributed by atoms with van der Waals surface area (Å²) in [6.45, 7) is 0.135. The normalized spacial score (nSPS) is 11.2. The Morgan fingerprint density at radius 3 is 2.81 bits per heavy atom. The Labute approximate surface area is 89.4 Å². The first-order chi connectivity index (χ1) is 7.38. The smallest absolute Gasteiger partial charge is 0.267 e. The third-order valence-electron chi connectivity index (χ3n) is 1.56. The number of hydroxylamine groups is 1. The molecule has 4 nitrogen and oxygen atoms in total. The molecule has 1 amide bonds. The quantitative estimate of drug-likeness (QED) is 0.808. The van der Waals surface area contributed by atoms with Gasteiger partial charge in [0.1, 0.15) is 0 Å². The molecule has 1 N–H and O–H groups in total. The lowest BCUT2D eigenvalue weighted by Gasteiger charge is -2.08. The van der Waals surface area contributed by atoms with Gasteiger partial charge in [0.05, 0.1) is 0 Å². The van der Waals surface area contributed by atoms with Gasteiger partial charge in [0.15, 0.2) is 6.61 Å². The Hall–Kier alpha value is -1.63. The maximum atomic E-state index is 11.7. The zero-order chi connectivity index (χ0) is 12.2. The van der Waals surface area contributed by atoms with Gasteiger partial charge in [0, 0.05) is 17.5 Å². The van der Waals surface area contributed by atoms with Crippen LogP contribution in [0.4, 0.5) is 13.2 Å². The molecule has 0 fully saturated rings. The summed E-state index contributed by atoms with van der Waals surface area (Å²) >= 11 is 0. The fraction of sp³-hybridized carbons (Fsp3) is 0.333. The molecule has 0 radical (unpaired) electrons. The fourth-order valence-electron chi connectivity index (χ4n) is 0.929. The number of carbonyl (C=O) groups is 1. The van der Waals surface area contributed by atoms with E-state index in [0.29, 0.717) is 5.69 Å². The molecule has 1 rings (SSSR count). The Bertz CT molecular complexity index is 379. The molecule has 1 aromatic rings. The van der Waals surface area contributed by atoms with Gasteiger partial charge in [-0.05, 0) is 19.1 Å².